The normalized spacial score (nSPS) is 10.2. The minimum Gasteiger partial charge on any atom is -0.462 e. The van der Waals surface area contributed by atoms with E-state index >= 15 is 0 Å². The van der Waals surface area contributed by atoms with Gasteiger partial charge in [0.2, 0.25) is 0 Å². The van der Waals surface area contributed by atoms with Gasteiger partial charge < -0.3 is 28.4 Å². The Kier molecular flexibility index (Phi) is 17.9. The second-order valence-corrected chi connectivity index (χ2v) is 10.0. The zero-order valence-corrected chi connectivity index (χ0v) is 26.2. The summed E-state index contributed by atoms with van der Waals surface area (Å²) in [5.74, 6) is -3.92. The fourth-order valence-electron chi connectivity index (χ4n) is 3.23. The van der Waals surface area contributed by atoms with Gasteiger partial charge >= 0.3 is 35.8 Å². The molecule has 0 amide bonds. The minimum absolute atomic E-state index is 0.00762. The number of hydrogen-bond acceptors (Lipinski definition) is 12. The molecule has 1 rings (SSSR count). The van der Waals surface area contributed by atoms with Crippen LogP contribution in [0.3, 0.4) is 0 Å². The zero-order chi connectivity index (χ0) is 33.8. The average Bonchev–Trinajstić information content (AvgIpc) is 3.00. The van der Waals surface area contributed by atoms with Crippen molar-refractivity contribution >= 4 is 35.8 Å². The van der Waals surface area contributed by atoms with Crippen LogP contribution >= 0.6 is 0 Å². The van der Waals surface area contributed by atoms with Gasteiger partial charge in [0.1, 0.15) is 0 Å². The topological polar surface area (TPSA) is 158 Å². The third-order valence-electron chi connectivity index (χ3n) is 5.76. The molecule has 0 unspecified atom stereocenters. The fraction of sp³-hybridized carbons (Fsp3) is 0.455. The molecule has 0 aromatic heterocycles. The monoisotopic (exact) mass is 630 g/mol. The first-order chi connectivity index (χ1) is 21.3. The summed E-state index contributed by atoms with van der Waals surface area (Å²) in [5.41, 5.74) is 0.549. The highest BCUT2D eigenvalue weighted by Crippen LogP contribution is 2.17. The summed E-state index contributed by atoms with van der Waals surface area (Å²) in [4.78, 5) is 72.8. The number of carbonyl (C=O) groups excluding carboxylic acids is 6. The van der Waals surface area contributed by atoms with Gasteiger partial charge in [0.05, 0.1) is 56.3 Å². The maximum absolute atomic E-state index is 13.0. The van der Waals surface area contributed by atoms with Gasteiger partial charge in [-0.1, -0.05) is 19.7 Å². The van der Waals surface area contributed by atoms with Crippen molar-refractivity contribution in [3.63, 3.8) is 0 Å². The van der Waals surface area contributed by atoms with E-state index in [2.05, 4.69) is 19.7 Å². The molecule has 0 aliphatic carbocycles. The van der Waals surface area contributed by atoms with Crippen molar-refractivity contribution in [3.8, 4) is 0 Å². The van der Waals surface area contributed by atoms with Crippen LogP contribution in [0.4, 0.5) is 0 Å². The molecular weight excluding hydrogens is 588 g/mol. The van der Waals surface area contributed by atoms with Crippen LogP contribution in [-0.4, -0.2) is 75.5 Å². The second kappa shape index (κ2) is 21.0. The molecule has 45 heavy (non-hydrogen) atoms. The lowest BCUT2D eigenvalue weighted by molar-refractivity contribution is -0.140. The minimum atomic E-state index is -0.860. The van der Waals surface area contributed by atoms with Crippen LogP contribution in [0.5, 0.6) is 0 Å². The first-order valence-electron chi connectivity index (χ1n) is 14.5. The predicted molar refractivity (Wildman–Crippen MR) is 162 cm³/mol. The summed E-state index contributed by atoms with van der Waals surface area (Å²) in [7, 11) is 0. The summed E-state index contributed by atoms with van der Waals surface area (Å²) in [6, 6.07) is 3.80. The Bertz CT molecular complexity index is 1260. The van der Waals surface area contributed by atoms with Crippen molar-refractivity contribution in [1.82, 2.24) is 0 Å². The lowest BCUT2D eigenvalue weighted by atomic mass is 10.0. The molecular formula is C33H42O12. The molecule has 12 nitrogen and oxygen atoms in total. The van der Waals surface area contributed by atoms with Crippen molar-refractivity contribution in [3.05, 3.63) is 71.3 Å². The van der Waals surface area contributed by atoms with E-state index in [1.165, 1.54) is 39.0 Å². The molecule has 246 valence electrons. The van der Waals surface area contributed by atoms with Crippen LogP contribution in [0.15, 0.2) is 54.7 Å². The largest absolute Gasteiger partial charge is 0.462 e. The predicted octanol–water partition coefficient (Wildman–Crippen LogP) is 4.86. The van der Waals surface area contributed by atoms with E-state index in [-0.39, 0.29) is 73.1 Å². The third-order valence-corrected chi connectivity index (χ3v) is 5.76. The number of benzene rings is 1. The molecule has 0 spiro atoms. The van der Waals surface area contributed by atoms with Crippen LogP contribution in [0.1, 0.15) is 90.4 Å². The summed E-state index contributed by atoms with van der Waals surface area (Å²) in [6.45, 7) is 15.5. The van der Waals surface area contributed by atoms with Gasteiger partial charge in [-0.05, 0) is 77.5 Å². The lowest BCUT2D eigenvalue weighted by Crippen LogP contribution is -2.17. The number of ether oxygens (including phenoxy) is 6. The molecule has 0 aliphatic heterocycles. The van der Waals surface area contributed by atoms with Crippen molar-refractivity contribution in [1.29, 1.82) is 0 Å². The van der Waals surface area contributed by atoms with Crippen molar-refractivity contribution in [2.75, 3.05) is 39.6 Å². The fourth-order valence-corrected chi connectivity index (χ4v) is 3.23. The molecule has 0 N–H and O–H groups in total. The Hall–Kier alpha value is -4.74. The van der Waals surface area contributed by atoms with Gasteiger partial charge in [-0.3, -0.25) is 0 Å². The first kappa shape index (κ1) is 38.3. The summed E-state index contributed by atoms with van der Waals surface area (Å²) < 4.78 is 30.8. The van der Waals surface area contributed by atoms with E-state index in [1.807, 2.05) is 0 Å². The van der Waals surface area contributed by atoms with Gasteiger partial charge in [0, 0.05) is 16.7 Å². The first-order valence-corrected chi connectivity index (χ1v) is 14.5. The van der Waals surface area contributed by atoms with E-state index < -0.39 is 35.8 Å². The summed E-state index contributed by atoms with van der Waals surface area (Å²) in [6.07, 6.45) is 2.49. The van der Waals surface area contributed by atoms with Crippen LogP contribution < -0.4 is 0 Å². The Morgan fingerprint density at radius 2 is 0.778 bits per heavy atom. The van der Waals surface area contributed by atoms with Crippen molar-refractivity contribution in [2.24, 2.45) is 0 Å². The van der Waals surface area contributed by atoms with Crippen LogP contribution in [0, 0.1) is 0 Å². The summed E-state index contributed by atoms with van der Waals surface area (Å²) >= 11 is 0. The highest BCUT2D eigenvalue weighted by Gasteiger charge is 2.22. The third kappa shape index (κ3) is 15.5. The standard InChI is InChI=1S/C33H42O12/c1-22(2)28(34)40-15-7-10-18-43-31(37)25-13-14-26(32(38)44-19-11-8-16-41-29(35)23(3)4)27(21-25)33(39)45-20-12-9-17-42-30(36)24(5)6/h13-14,21H,1,3,5,7-12,15-20H2,2,4,6H3. The average molecular weight is 631 g/mol. The number of esters is 6. The highest BCUT2D eigenvalue weighted by molar-refractivity contribution is 6.05. The molecule has 0 bridgehead atoms. The molecule has 0 atom stereocenters. The zero-order valence-electron chi connectivity index (χ0n) is 26.2. The highest BCUT2D eigenvalue weighted by atomic mass is 16.6. The maximum atomic E-state index is 13.0. The molecule has 0 saturated carbocycles. The van der Waals surface area contributed by atoms with Gasteiger partial charge in [-0.2, -0.15) is 0 Å². The quantitative estimate of drug-likeness (QED) is 0.0788. The second-order valence-electron chi connectivity index (χ2n) is 10.0. The Morgan fingerprint density at radius 3 is 1.13 bits per heavy atom. The Balaban J connectivity index is 2.79. The maximum Gasteiger partial charge on any atom is 0.339 e. The van der Waals surface area contributed by atoms with Gasteiger partial charge in [-0.25, -0.2) is 28.8 Å². The molecule has 12 heteroatoms. The Labute approximate surface area is 263 Å². The van der Waals surface area contributed by atoms with Crippen molar-refractivity contribution in [2.45, 2.75) is 59.3 Å². The lowest BCUT2D eigenvalue weighted by Gasteiger charge is -2.12. The van der Waals surface area contributed by atoms with Gasteiger partial charge in [0.25, 0.3) is 0 Å². The number of rotatable bonds is 21. The van der Waals surface area contributed by atoms with E-state index in [4.69, 9.17) is 28.4 Å². The number of unbranched alkanes of at least 4 members (excludes halogenated alkanes) is 3. The van der Waals surface area contributed by atoms with Crippen LogP contribution in [0.2, 0.25) is 0 Å². The molecule has 1 aromatic carbocycles. The smallest absolute Gasteiger partial charge is 0.339 e. The molecule has 0 radical (unpaired) electrons. The molecule has 0 aliphatic rings. The van der Waals surface area contributed by atoms with E-state index in [0.717, 1.165) is 0 Å². The van der Waals surface area contributed by atoms with Gasteiger partial charge in [-0.15, -0.1) is 0 Å². The van der Waals surface area contributed by atoms with Gasteiger partial charge in [0.15, 0.2) is 0 Å². The van der Waals surface area contributed by atoms with Crippen LogP contribution in [-0.2, 0) is 42.8 Å². The van der Waals surface area contributed by atoms with E-state index in [9.17, 15) is 28.8 Å². The molecule has 0 fully saturated rings. The van der Waals surface area contributed by atoms with Crippen LogP contribution in [0.25, 0.3) is 0 Å². The van der Waals surface area contributed by atoms with E-state index in [0.29, 0.717) is 38.5 Å². The number of carbonyl (C=O) groups is 6. The molecule has 0 saturated heterocycles. The molecule has 0 heterocycles. The number of hydrogen-bond donors (Lipinski definition) is 0. The Morgan fingerprint density at radius 1 is 0.467 bits per heavy atom. The molecule has 1 aromatic rings. The summed E-state index contributed by atoms with van der Waals surface area (Å²) in [5, 5.41) is 0. The SMILES string of the molecule is C=C(C)C(=O)OCCCCOC(=O)c1ccc(C(=O)OCCCCOC(=O)C(=C)C)c(C(=O)OCCCCOC(=O)C(=C)C)c1. The van der Waals surface area contributed by atoms with Crippen molar-refractivity contribution < 1.29 is 57.2 Å². The van der Waals surface area contributed by atoms with E-state index in [1.54, 1.807) is 0 Å².